The summed E-state index contributed by atoms with van der Waals surface area (Å²) in [5.41, 5.74) is 6.88. The number of hydrogen-bond acceptors (Lipinski definition) is 4. The molecule has 0 spiro atoms. The van der Waals surface area contributed by atoms with Crippen LogP contribution in [0.4, 0.5) is 0 Å². The molecule has 0 saturated carbocycles. The number of rotatable bonds is 3. The summed E-state index contributed by atoms with van der Waals surface area (Å²) in [6.07, 6.45) is 0. The fourth-order valence-electron chi connectivity index (χ4n) is 1.85. The Bertz CT molecular complexity index is 627. The molecular weight excluding hydrogens is 234 g/mol. The van der Waals surface area contributed by atoms with E-state index in [2.05, 4.69) is 0 Å². The summed E-state index contributed by atoms with van der Waals surface area (Å²) in [6.45, 7) is 3.74. The highest BCUT2D eigenvalue weighted by Crippen LogP contribution is 2.26. The molecule has 0 radical (unpaired) electrons. The van der Waals surface area contributed by atoms with Gasteiger partial charge in [0.05, 0.1) is 12.2 Å². The highest BCUT2D eigenvalue weighted by Gasteiger charge is 2.18. The lowest BCUT2D eigenvalue weighted by molar-refractivity contribution is 0.0492. The van der Waals surface area contributed by atoms with Crippen LogP contribution in [0.3, 0.4) is 0 Å². The number of nitrogens with two attached hydrogens (primary N) is 1. The average Bonchev–Trinajstić information content (AvgIpc) is 2.72. The Balaban J connectivity index is 2.61. The van der Waals surface area contributed by atoms with Gasteiger partial charge in [0.15, 0.2) is 0 Å². The van der Waals surface area contributed by atoms with Crippen molar-refractivity contribution in [1.82, 2.24) is 0 Å². The summed E-state index contributed by atoms with van der Waals surface area (Å²) >= 11 is 0. The van der Waals surface area contributed by atoms with Crippen molar-refractivity contribution >= 4 is 22.8 Å². The first-order valence-electron chi connectivity index (χ1n) is 5.54. The Kier molecular flexibility index (Phi) is 3.06. The predicted molar refractivity (Wildman–Crippen MR) is 65.4 cm³/mol. The lowest BCUT2D eigenvalue weighted by Crippen LogP contribution is -2.12. The second-order valence-electron chi connectivity index (χ2n) is 3.86. The van der Waals surface area contributed by atoms with Gasteiger partial charge in [0, 0.05) is 11.5 Å². The van der Waals surface area contributed by atoms with Crippen LogP contribution in [0.5, 0.6) is 0 Å². The number of ether oxygens (including phenoxy) is 1. The number of benzene rings is 1. The molecule has 0 bridgehead atoms. The Labute approximate surface area is 104 Å². The van der Waals surface area contributed by atoms with Gasteiger partial charge in [-0.3, -0.25) is 4.79 Å². The van der Waals surface area contributed by atoms with Gasteiger partial charge < -0.3 is 14.9 Å². The highest BCUT2D eigenvalue weighted by molar-refractivity contribution is 6.08. The van der Waals surface area contributed by atoms with E-state index in [1.807, 2.05) is 0 Å². The minimum absolute atomic E-state index is 0.0694. The Morgan fingerprint density at radius 1 is 1.39 bits per heavy atom. The van der Waals surface area contributed by atoms with Crippen LogP contribution in [0.15, 0.2) is 22.6 Å². The van der Waals surface area contributed by atoms with Gasteiger partial charge in [-0.2, -0.15) is 0 Å². The Hall–Kier alpha value is -2.30. The molecule has 0 fully saturated rings. The van der Waals surface area contributed by atoms with Gasteiger partial charge in [-0.15, -0.1) is 0 Å². The molecule has 94 valence electrons. The number of carbonyl (C=O) groups is 2. The second-order valence-corrected chi connectivity index (χ2v) is 3.86. The predicted octanol–water partition coefficient (Wildman–Crippen LogP) is 2.02. The van der Waals surface area contributed by atoms with Crippen LogP contribution < -0.4 is 5.73 Å². The summed E-state index contributed by atoms with van der Waals surface area (Å²) < 4.78 is 10.2. The first kappa shape index (κ1) is 12.2. The molecule has 2 N–H and O–H groups in total. The normalized spacial score (nSPS) is 10.6. The van der Waals surface area contributed by atoms with E-state index in [1.54, 1.807) is 26.0 Å². The summed E-state index contributed by atoms with van der Waals surface area (Å²) in [4.78, 5) is 23.0. The summed E-state index contributed by atoms with van der Waals surface area (Å²) in [7, 11) is 0. The van der Waals surface area contributed by atoms with E-state index in [0.29, 0.717) is 16.5 Å². The van der Waals surface area contributed by atoms with Gasteiger partial charge in [-0.05, 0) is 25.5 Å². The summed E-state index contributed by atoms with van der Waals surface area (Å²) in [5.74, 6) is -1.03. The molecular formula is C13H13NO4. The maximum absolute atomic E-state index is 11.5. The van der Waals surface area contributed by atoms with Crippen LogP contribution >= 0.6 is 0 Å². The molecule has 2 rings (SSSR count). The van der Waals surface area contributed by atoms with Gasteiger partial charge in [0.1, 0.15) is 5.58 Å². The van der Waals surface area contributed by atoms with Gasteiger partial charge in [-0.25, -0.2) is 4.79 Å². The van der Waals surface area contributed by atoms with Crippen molar-refractivity contribution in [2.45, 2.75) is 13.8 Å². The molecule has 0 aliphatic carbocycles. The van der Waals surface area contributed by atoms with Crippen molar-refractivity contribution in [2.75, 3.05) is 6.61 Å². The summed E-state index contributed by atoms with van der Waals surface area (Å²) in [5, 5.41) is 0.533. The molecule has 1 aromatic carbocycles. The number of amides is 1. The maximum atomic E-state index is 11.5. The van der Waals surface area contributed by atoms with Crippen LogP contribution in [-0.4, -0.2) is 18.5 Å². The number of aryl methyl sites for hydroxylation is 1. The van der Waals surface area contributed by atoms with Gasteiger partial charge in [-0.1, -0.05) is 6.07 Å². The van der Waals surface area contributed by atoms with Crippen molar-refractivity contribution in [3.63, 3.8) is 0 Å². The molecule has 0 aliphatic heterocycles. The molecule has 0 unspecified atom stereocenters. The SMILES string of the molecule is CCOC(=O)c1cc2c(C(N)=O)c(C)ccc2o1. The zero-order chi connectivity index (χ0) is 13.3. The van der Waals surface area contributed by atoms with E-state index in [9.17, 15) is 9.59 Å². The molecule has 5 nitrogen and oxygen atoms in total. The standard InChI is InChI=1S/C13H13NO4/c1-3-17-13(16)10-6-8-9(18-10)5-4-7(2)11(8)12(14)15/h4-6H,3H2,1-2H3,(H2,14,15). The number of carbonyl (C=O) groups excluding carboxylic acids is 2. The zero-order valence-corrected chi connectivity index (χ0v) is 10.1. The third-order valence-electron chi connectivity index (χ3n) is 2.63. The van der Waals surface area contributed by atoms with Gasteiger partial charge in [0.2, 0.25) is 11.7 Å². The highest BCUT2D eigenvalue weighted by atomic mass is 16.5. The number of esters is 1. The van der Waals surface area contributed by atoms with Crippen molar-refractivity contribution in [3.8, 4) is 0 Å². The number of fused-ring (bicyclic) bond motifs is 1. The molecule has 1 heterocycles. The largest absolute Gasteiger partial charge is 0.460 e. The van der Waals surface area contributed by atoms with E-state index in [0.717, 1.165) is 5.56 Å². The molecule has 2 aromatic rings. The van der Waals surface area contributed by atoms with Gasteiger partial charge in [0.25, 0.3) is 0 Å². The van der Waals surface area contributed by atoms with Gasteiger partial charge >= 0.3 is 5.97 Å². The summed E-state index contributed by atoms with van der Waals surface area (Å²) in [6, 6.07) is 4.90. The Morgan fingerprint density at radius 3 is 2.72 bits per heavy atom. The monoisotopic (exact) mass is 247 g/mol. The molecule has 5 heteroatoms. The molecule has 0 aliphatic rings. The fourth-order valence-corrected chi connectivity index (χ4v) is 1.85. The molecule has 1 aromatic heterocycles. The molecule has 0 saturated heterocycles. The lowest BCUT2D eigenvalue weighted by Gasteiger charge is -2.01. The maximum Gasteiger partial charge on any atom is 0.374 e. The average molecular weight is 247 g/mol. The zero-order valence-electron chi connectivity index (χ0n) is 10.1. The van der Waals surface area contributed by atoms with E-state index in [-0.39, 0.29) is 12.4 Å². The fraction of sp³-hybridized carbons (Fsp3) is 0.231. The van der Waals surface area contributed by atoms with Crippen molar-refractivity contribution in [3.05, 3.63) is 35.1 Å². The van der Waals surface area contributed by atoms with Crippen molar-refractivity contribution in [1.29, 1.82) is 0 Å². The van der Waals surface area contributed by atoms with Crippen LogP contribution in [0, 0.1) is 6.92 Å². The molecule has 18 heavy (non-hydrogen) atoms. The second kappa shape index (κ2) is 4.52. The van der Waals surface area contributed by atoms with E-state index in [1.165, 1.54) is 6.07 Å². The molecule has 0 atom stereocenters. The lowest BCUT2D eigenvalue weighted by atomic mass is 10.0. The van der Waals surface area contributed by atoms with Crippen molar-refractivity contribution < 1.29 is 18.7 Å². The van der Waals surface area contributed by atoms with E-state index < -0.39 is 11.9 Å². The number of hydrogen-bond donors (Lipinski definition) is 1. The van der Waals surface area contributed by atoms with Crippen LogP contribution in [0.2, 0.25) is 0 Å². The van der Waals surface area contributed by atoms with Crippen molar-refractivity contribution in [2.24, 2.45) is 5.73 Å². The number of furan rings is 1. The van der Waals surface area contributed by atoms with Crippen LogP contribution in [0.1, 0.15) is 33.4 Å². The third-order valence-corrected chi connectivity index (χ3v) is 2.63. The Morgan fingerprint density at radius 2 is 2.11 bits per heavy atom. The smallest absolute Gasteiger partial charge is 0.374 e. The minimum Gasteiger partial charge on any atom is -0.460 e. The quantitative estimate of drug-likeness (QED) is 0.841. The molecule has 1 amide bonds. The van der Waals surface area contributed by atoms with Crippen LogP contribution in [0.25, 0.3) is 11.0 Å². The number of primary amides is 1. The van der Waals surface area contributed by atoms with E-state index >= 15 is 0 Å². The minimum atomic E-state index is -0.554. The van der Waals surface area contributed by atoms with E-state index in [4.69, 9.17) is 14.9 Å². The first-order valence-corrected chi connectivity index (χ1v) is 5.54. The third kappa shape index (κ3) is 1.95. The first-order chi connectivity index (χ1) is 8.54. The van der Waals surface area contributed by atoms with Crippen LogP contribution in [-0.2, 0) is 4.74 Å². The topological polar surface area (TPSA) is 82.5 Å².